The summed E-state index contributed by atoms with van der Waals surface area (Å²) in [5.74, 6) is 2.59. The summed E-state index contributed by atoms with van der Waals surface area (Å²) < 4.78 is 5.36. The number of hydrogen-bond donors (Lipinski definition) is 1. The van der Waals surface area contributed by atoms with Crippen molar-refractivity contribution in [1.82, 2.24) is 20.0 Å². The van der Waals surface area contributed by atoms with E-state index in [1.165, 1.54) is 12.1 Å². The van der Waals surface area contributed by atoms with E-state index in [0.29, 0.717) is 11.8 Å². The number of carbonyl (C=O) groups excluding carboxylic acids is 1. The van der Waals surface area contributed by atoms with Gasteiger partial charge in [-0.05, 0) is 25.0 Å². The molecule has 0 unspecified atom stereocenters. The minimum Gasteiger partial charge on any atom is -0.497 e. The van der Waals surface area contributed by atoms with Crippen molar-refractivity contribution >= 4 is 17.6 Å². The van der Waals surface area contributed by atoms with Gasteiger partial charge in [-0.1, -0.05) is 12.5 Å². The Bertz CT molecular complexity index is 780. The third-order valence-electron chi connectivity index (χ3n) is 7.06. The second kappa shape index (κ2) is 10.9. The molecule has 3 aliphatic rings. The molecule has 2 saturated heterocycles. The van der Waals surface area contributed by atoms with Gasteiger partial charge in [-0.2, -0.15) is 0 Å². The molecule has 1 saturated carbocycles. The highest BCUT2D eigenvalue weighted by Gasteiger charge is 2.31. The number of hydrogen-bond acceptors (Lipinski definition) is 5. The van der Waals surface area contributed by atoms with Crippen LogP contribution >= 0.6 is 0 Å². The molecule has 0 aromatic heterocycles. The van der Waals surface area contributed by atoms with E-state index >= 15 is 0 Å². The number of carbonyl (C=O) groups is 1. The number of amides is 1. The number of benzene rings is 1. The molecule has 4 rings (SSSR count). The number of piperazine rings is 2. The van der Waals surface area contributed by atoms with Crippen molar-refractivity contribution in [1.29, 1.82) is 0 Å². The molecule has 1 N–H and O–H groups in total. The zero-order valence-corrected chi connectivity index (χ0v) is 19.6. The van der Waals surface area contributed by atoms with Gasteiger partial charge in [0.05, 0.1) is 7.11 Å². The van der Waals surface area contributed by atoms with Crippen molar-refractivity contribution in [2.75, 3.05) is 84.5 Å². The average Bonchev–Trinajstić information content (AvgIpc) is 2.81. The second-order valence-electron chi connectivity index (χ2n) is 8.94. The summed E-state index contributed by atoms with van der Waals surface area (Å²) in [5.41, 5.74) is 1.21. The maximum Gasteiger partial charge on any atom is 0.225 e. The molecule has 1 aromatic carbocycles. The van der Waals surface area contributed by atoms with Crippen LogP contribution in [0.25, 0.3) is 0 Å². The number of guanidine groups is 1. The van der Waals surface area contributed by atoms with E-state index in [1.807, 2.05) is 19.2 Å². The van der Waals surface area contributed by atoms with Crippen LogP contribution in [0.1, 0.15) is 19.3 Å². The molecular weight excluding hydrogens is 404 g/mol. The summed E-state index contributed by atoms with van der Waals surface area (Å²) in [7, 11) is 3.57. The number of ether oxygens (including phenoxy) is 1. The van der Waals surface area contributed by atoms with Crippen LogP contribution in [0, 0.1) is 5.92 Å². The molecule has 0 spiro atoms. The van der Waals surface area contributed by atoms with Gasteiger partial charge in [0.1, 0.15) is 5.75 Å². The Hall–Kier alpha value is -2.48. The molecule has 1 aliphatic carbocycles. The molecule has 2 aliphatic heterocycles. The number of aliphatic imine (C=N–C) groups is 1. The Kier molecular flexibility index (Phi) is 7.73. The van der Waals surface area contributed by atoms with Gasteiger partial charge in [0.15, 0.2) is 5.96 Å². The lowest BCUT2D eigenvalue weighted by Crippen LogP contribution is -2.54. The van der Waals surface area contributed by atoms with E-state index in [-0.39, 0.29) is 0 Å². The highest BCUT2D eigenvalue weighted by atomic mass is 16.5. The SMILES string of the molecule is CN=C(NCCN1CCN(C(=O)C2CCC2)CC1)N1CCN(c2cccc(OC)c2)CC1. The van der Waals surface area contributed by atoms with E-state index < -0.39 is 0 Å². The fourth-order valence-electron chi connectivity index (χ4n) is 4.75. The summed E-state index contributed by atoms with van der Waals surface area (Å²) in [6.45, 7) is 9.35. The van der Waals surface area contributed by atoms with Crippen molar-refractivity contribution in [3.63, 3.8) is 0 Å². The van der Waals surface area contributed by atoms with Crippen LogP contribution in [0.4, 0.5) is 5.69 Å². The van der Waals surface area contributed by atoms with E-state index in [1.54, 1.807) is 7.11 Å². The summed E-state index contributed by atoms with van der Waals surface area (Å²) in [5, 5.41) is 3.54. The lowest BCUT2D eigenvalue weighted by atomic mass is 9.84. The zero-order chi connectivity index (χ0) is 22.3. The molecule has 32 heavy (non-hydrogen) atoms. The number of methoxy groups -OCH3 is 1. The first-order valence-corrected chi connectivity index (χ1v) is 12.0. The van der Waals surface area contributed by atoms with Gasteiger partial charge in [-0.3, -0.25) is 14.7 Å². The normalized spacial score (nSPS) is 20.8. The quantitative estimate of drug-likeness (QED) is 0.530. The maximum atomic E-state index is 12.4. The van der Waals surface area contributed by atoms with E-state index in [4.69, 9.17) is 4.74 Å². The summed E-state index contributed by atoms with van der Waals surface area (Å²) in [6, 6.07) is 8.27. The Morgan fingerprint density at radius 2 is 1.78 bits per heavy atom. The van der Waals surface area contributed by atoms with Gasteiger partial charge in [0.25, 0.3) is 0 Å². The standard InChI is InChI=1S/C24H38N6O2/c1-25-24(30-17-15-28(16-18-30)21-7-4-8-22(19-21)32-2)26-9-10-27-11-13-29(14-12-27)23(31)20-5-3-6-20/h4,7-8,19-20H,3,5-6,9-18H2,1-2H3,(H,25,26). The Morgan fingerprint density at radius 3 is 2.41 bits per heavy atom. The molecule has 0 radical (unpaired) electrons. The Morgan fingerprint density at radius 1 is 1.06 bits per heavy atom. The van der Waals surface area contributed by atoms with Crippen molar-refractivity contribution in [2.24, 2.45) is 10.9 Å². The number of nitrogens with one attached hydrogen (secondary N) is 1. The van der Waals surface area contributed by atoms with Gasteiger partial charge in [-0.25, -0.2) is 0 Å². The minimum atomic E-state index is 0.316. The fraction of sp³-hybridized carbons (Fsp3) is 0.667. The minimum absolute atomic E-state index is 0.316. The zero-order valence-electron chi connectivity index (χ0n) is 19.6. The largest absolute Gasteiger partial charge is 0.497 e. The van der Waals surface area contributed by atoms with Gasteiger partial charge < -0.3 is 24.8 Å². The van der Waals surface area contributed by atoms with Gasteiger partial charge in [-0.15, -0.1) is 0 Å². The molecule has 8 nitrogen and oxygen atoms in total. The Balaban J connectivity index is 1.16. The molecule has 2 heterocycles. The third-order valence-corrected chi connectivity index (χ3v) is 7.06. The van der Waals surface area contributed by atoms with Crippen molar-refractivity contribution in [3.8, 4) is 5.75 Å². The first-order chi connectivity index (χ1) is 15.7. The molecule has 0 bridgehead atoms. The fourth-order valence-corrected chi connectivity index (χ4v) is 4.75. The molecule has 0 atom stereocenters. The molecule has 1 aromatic rings. The second-order valence-corrected chi connectivity index (χ2v) is 8.94. The van der Waals surface area contributed by atoms with Gasteiger partial charge in [0, 0.05) is 90.2 Å². The van der Waals surface area contributed by atoms with Crippen molar-refractivity contribution in [2.45, 2.75) is 19.3 Å². The average molecular weight is 443 g/mol. The first-order valence-electron chi connectivity index (χ1n) is 12.0. The monoisotopic (exact) mass is 442 g/mol. The lowest BCUT2D eigenvalue weighted by Gasteiger charge is -2.39. The van der Waals surface area contributed by atoms with Crippen LogP contribution in [-0.2, 0) is 4.79 Å². The maximum absolute atomic E-state index is 12.4. The van der Waals surface area contributed by atoms with Crippen molar-refractivity contribution < 1.29 is 9.53 Å². The summed E-state index contributed by atoms with van der Waals surface area (Å²) in [4.78, 5) is 26.2. The van der Waals surface area contributed by atoms with Crippen LogP contribution < -0.4 is 15.0 Å². The van der Waals surface area contributed by atoms with Crippen LogP contribution in [0.3, 0.4) is 0 Å². The topological polar surface area (TPSA) is 63.7 Å². The molecule has 8 heteroatoms. The third kappa shape index (κ3) is 5.46. The molecule has 1 amide bonds. The van der Waals surface area contributed by atoms with Crippen LogP contribution in [-0.4, -0.2) is 106 Å². The Labute approximate surface area is 192 Å². The van der Waals surface area contributed by atoms with Gasteiger partial charge in [0.2, 0.25) is 5.91 Å². The molecular formula is C24H38N6O2. The molecule has 3 fully saturated rings. The van der Waals surface area contributed by atoms with E-state index in [2.05, 4.69) is 42.0 Å². The highest BCUT2D eigenvalue weighted by Crippen LogP contribution is 2.28. The van der Waals surface area contributed by atoms with Crippen LogP contribution in [0.15, 0.2) is 29.3 Å². The molecule has 176 valence electrons. The number of nitrogens with zero attached hydrogens (tertiary/aromatic N) is 5. The number of anilines is 1. The smallest absolute Gasteiger partial charge is 0.225 e. The first kappa shape index (κ1) is 22.7. The van der Waals surface area contributed by atoms with Crippen LogP contribution in [0.2, 0.25) is 0 Å². The van der Waals surface area contributed by atoms with E-state index in [0.717, 1.165) is 90.0 Å². The van der Waals surface area contributed by atoms with Crippen LogP contribution in [0.5, 0.6) is 5.75 Å². The van der Waals surface area contributed by atoms with E-state index in [9.17, 15) is 4.79 Å². The predicted molar refractivity (Wildman–Crippen MR) is 129 cm³/mol. The van der Waals surface area contributed by atoms with Gasteiger partial charge >= 0.3 is 0 Å². The lowest BCUT2D eigenvalue weighted by molar-refractivity contribution is -0.139. The predicted octanol–water partition coefficient (Wildman–Crippen LogP) is 1.34. The number of rotatable bonds is 6. The van der Waals surface area contributed by atoms with Crippen molar-refractivity contribution in [3.05, 3.63) is 24.3 Å². The highest BCUT2D eigenvalue weighted by molar-refractivity contribution is 5.80. The summed E-state index contributed by atoms with van der Waals surface area (Å²) >= 11 is 0. The summed E-state index contributed by atoms with van der Waals surface area (Å²) in [6.07, 6.45) is 3.41.